The number of esters is 1. The fourth-order valence-corrected chi connectivity index (χ4v) is 5.34. The molecule has 3 heterocycles. The number of nitrogens with zero attached hydrogens (tertiary/aromatic N) is 2. The van der Waals surface area contributed by atoms with E-state index in [1.165, 1.54) is 4.88 Å². The third-order valence-electron chi connectivity index (χ3n) is 5.52. The molecule has 1 aliphatic rings. The molecule has 0 aliphatic heterocycles. The fraction of sp³-hybridized carbons (Fsp3) is 0.333. The highest BCUT2D eigenvalue weighted by Gasteiger charge is 2.25. The number of fused-ring (bicyclic) bond motifs is 4. The molecule has 0 unspecified atom stereocenters. The Morgan fingerprint density at radius 3 is 3.03 bits per heavy atom. The molecule has 7 nitrogen and oxygen atoms in total. The van der Waals surface area contributed by atoms with E-state index >= 15 is 0 Å². The van der Waals surface area contributed by atoms with Gasteiger partial charge in [0.25, 0.3) is 5.56 Å². The number of H-pyrrole nitrogens is 2. The number of para-hydroxylation sites is 1. The molecule has 0 bridgehead atoms. The van der Waals surface area contributed by atoms with Gasteiger partial charge in [-0.2, -0.15) is 5.10 Å². The van der Waals surface area contributed by atoms with E-state index in [1.54, 1.807) is 18.3 Å². The molecule has 1 aromatic carbocycles. The van der Waals surface area contributed by atoms with Crippen molar-refractivity contribution in [1.29, 1.82) is 0 Å². The van der Waals surface area contributed by atoms with Crippen molar-refractivity contribution in [2.24, 2.45) is 5.92 Å². The minimum absolute atomic E-state index is 0.162. The molecule has 0 spiro atoms. The molecule has 2 atom stereocenters. The molecule has 0 radical (unpaired) electrons. The maximum atomic E-state index is 12.8. The van der Waals surface area contributed by atoms with Crippen LogP contribution in [0.1, 0.15) is 53.1 Å². The van der Waals surface area contributed by atoms with E-state index in [9.17, 15) is 9.59 Å². The van der Waals surface area contributed by atoms with Gasteiger partial charge in [-0.15, -0.1) is 11.3 Å². The summed E-state index contributed by atoms with van der Waals surface area (Å²) >= 11 is 1.58. The summed E-state index contributed by atoms with van der Waals surface area (Å²) in [6.45, 7) is 3.93. The van der Waals surface area contributed by atoms with Crippen molar-refractivity contribution in [3.63, 3.8) is 0 Å². The zero-order chi connectivity index (χ0) is 20.1. The lowest BCUT2D eigenvalue weighted by molar-refractivity contribution is 0.0315. The first-order valence-electron chi connectivity index (χ1n) is 9.70. The third-order valence-corrected chi connectivity index (χ3v) is 6.66. The van der Waals surface area contributed by atoms with Gasteiger partial charge in [0, 0.05) is 10.3 Å². The van der Waals surface area contributed by atoms with E-state index in [-0.39, 0.29) is 11.3 Å². The molecule has 4 aromatic rings. The first-order chi connectivity index (χ1) is 14.0. The van der Waals surface area contributed by atoms with Gasteiger partial charge in [0.1, 0.15) is 4.83 Å². The van der Waals surface area contributed by atoms with Gasteiger partial charge in [-0.1, -0.05) is 25.1 Å². The van der Waals surface area contributed by atoms with Gasteiger partial charge in [-0.25, -0.2) is 9.78 Å². The summed E-state index contributed by atoms with van der Waals surface area (Å²) in [6.07, 6.45) is 2.29. The first kappa shape index (κ1) is 18.1. The van der Waals surface area contributed by atoms with Crippen LogP contribution in [0.15, 0.2) is 29.1 Å². The lowest BCUT2D eigenvalue weighted by atomic mass is 9.89. The molecule has 8 heteroatoms. The van der Waals surface area contributed by atoms with Gasteiger partial charge < -0.3 is 9.72 Å². The topological polar surface area (TPSA) is 101 Å². The zero-order valence-electron chi connectivity index (χ0n) is 16.1. The average Bonchev–Trinajstić information content (AvgIpc) is 3.28. The smallest absolute Gasteiger partial charge is 0.360 e. The van der Waals surface area contributed by atoms with Crippen LogP contribution >= 0.6 is 11.3 Å². The van der Waals surface area contributed by atoms with Gasteiger partial charge in [0.15, 0.2) is 17.6 Å². The Kier molecular flexibility index (Phi) is 4.24. The van der Waals surface area contributed by atoms with Crippen molar-refractivity contribution in [1.82, 2.24) is 20.2 Å². The van der Waals surface area contributed by atoms with Crippen molar-refractivity contribution >= 4 is 38.4 Å². The van der Waals surface area contributed by atoms with Gasteiger partial charge in [-0.05, 0) is 43.7 Å². The third kappa shape index (κ3) is 3.04. The lowest BCUT2D eigenvalue weighted by Gasteiger charge is -2.17. The second kappa shape index (κ2) is 6.81. The Balaban J connectivity index is 1.46. The molecule has 0 fully saturated rings. The van der Waals surface area contributed by atoms with E-state index in [0.29, 0.717) is 22.5 Å². The van der Waals surface area contributed by atoms with Crippen molar-refractivity contribution < 1.29 is 9.53 Å². The Morgan fingerprint density at radius 2 is 2.17 bits per heavy atom. The second-order valence-electron chi connectivity index (χ2n) is 7.65. The highest BCUT2D eigenvalue weighted by molar-refractivity contribution is 7.18. The predicted octanol–water partition coefficient (Wildman–Crippen LogP) is 3.90. The van der Waals surface area contributed by atoms with Crippen LogP contribution in [-0.2, 0) is 17.6 Å². The monoisotopic (exact) mass is 408 g/mol. The van der Waals surface area contributed by atoms with Crippen molar-refractivity contribution in [2.45, 2.75) is 39.2 Å². The Labute approximate surface area is 170 Å². The quantitative estimate of drug-likeness (QED) is 0.501. The van der Waals surface area contributed by atoms with Crippen LogP contribution < -0.4 is 5.56 Å². The van der Waals surface area contributed by atoms with Crippen LogP contribution in [0.2, 0.25) is 0 Å². The molecular formula is C21H20N4O3S. The normalized spacial score (nSPS) is 17.4. The SMILES string of the molecule is C[C@@H]1CCc2c(sc3nc([C@@H](C)OC(=O)c4n[nH]c5ccccc45)[nH]c(=O)c23)C1. The second-order valence-corrected chi connectivity index (χ2v) is 8.73. The molecule has 1 aliphatic carbocycles. The fourth-order valence-electron chi connectivity index (χ4n) is 3.95. The highest BCUT2D eigenvalue weighted by atomic mass is 32.1. The van der Waals surface area contributed by atoms with Crippen molar-refractivity contribution in [2.75, 3.05) is 0 Å². The number of benzene rings is 1. The van der Waals surface area contributed by atoms with E-state index in [1.807, 2.05) is 24.3 Å². The van der Waals surface area contributed by atoms with Crippen LogP contribution in [-0.4, -0.2) is 26.1 Å². The van der Waals surface area contributed by atoms with Crippen LogP contribution in [0, 0.1) is 5.92 Å². The molecule has 29 heavy (non-hydrogen) atoms. The molecule has 0 amide bonds. The maximum absolute atomic E-state index is 12.8. The molecule has 0 saturated heterocycles. The van der Waals surface area contributed by atoms with Gasteiger partial charge in [0.2, 0.25) is 0 Å². The summed E-state index contributed by atoms with van der Waals surface area (Å²) in [6, 6.07) is 7.35. The van der Waals surface area contributed by atoms with Crippen LogP contribution in [0.4, 0.5) is 0 Å². The van der Waals surface area contributed by atoms with Crippen molar-refractivity contribution in [3.8, 4) is 0 Å². The highest BCUT2D eigenvalue weighted by Crippen LogP contribution is 2.36. The Morgan fingerprint density at radius 1 is 1.34 bits per heavy atom. The van der Waals surface area contributed by atoms with Crippen molar-refractivity contribution in [3.05, 3.63) is 56.6 Å². The Hall–Kier alpha value is -3.00. The predicted molar refractivity (Wildman–Crippen MR) is 111 cm³/mol. The minimum Gasteiger partial charge on any atom is -0.450 e. The van der Waals surface area contributed by atoms with Gasteiger partial charge >= 0.3 is 5.97 Å². The zero-order valence-corrected chi connectivity index (χ0v) is 16.9. The summed E-state index contributed by atoms with van der Waals surface area (Å²) in [5.74, 6) is 0.414. The van der Waals surface area contributed by atoms with E-state index < -0.39 is 12.1 Å². The lowest BCUT2D eigenvalue weighted by Crippen LogP contribution is -2.18. The molecule has 2 N–H and O–H groups in total. The number of nitrogens with one attached hydrogen (secondary N) is 2. The minimum atomic E-state index is -0.701. The number of carbonyl (C=O) groups is 1. The molecular weight excluding hydrogens is 388 g/mol. The number of aryl methyl sites for hydroxylation is 1. The summed E-state index contributed by atoms with van der Waals surface area (Å²) < 4.78 is 5.56. The summed E-state index contributed by atoms with van der Waals surface area (Å²) in [4.78, 5) is 34.8. The van der Waals surface area contributed by atoms with E-state index in [0.717, 1.165) is 35.2 Å². The summed E-state index contributed by atoms with van der Waals surface area (Å²) in [5, 5.41) is 8.28. The standard InChI is InChI=1S/C21H20N4O3S/c1-10-7-8-13-15(9-10)29-20-16(13)19(26)22-18(23-20)11(2)28-21(27)17-12-5-3-4-6-14(12)24-25-17/h3-6,10-11H,7-9H2,1-2H3,(H,24,25)(H,22,23,26)/t10-,11-/m1/s1. The summed E-state index contributed by atoms with van der Waals surface area (Å²) in [7, 11) is 0. The van der Waals surface area contributed by atoms with Gasteiger partial charge in [0.05, 0.1) is 10.9 Å². The number of hydrogen-bond donors (Lipinski definition) is 2. The van der Waals surface area contributed by atoms with Gasteiger partial charge in [-0.3, -0.25) is 9.89 Å². The number of aromatic nitrogens is 4. The maximum Gasteiger partial charge on any atom is 0.360 e. The van der Waals surface area contributed by atoms with E-state index in [4.69, 9.17) is 4.74 Å². The van der Waals surface area contributed by atoms with Crippen LogP contribution in [0.5, 0.6) is 0 Å². The number of rotatable bonds is 3. The largest absolute Gasteiger partial charge is 0.450 e. The number of ether oxygens (including phenoxy) is 1. The number of hydrogen-bond acceptors (Lipinski definition) is 6. The number of thiophene rings is 1. The molecule has 148 valence electrons. The first-order valence-corrected chi connectivity index (χ1v) is 10.5. The van der Waals surface area contributed by atoms with Crippen LogP contribution in [0.25, 0.3) is 21.1 Å². The van der Waals surface area contributed by atoms with E-state index in [2.05, 4.69) is 27.1 Å². The number of carbonyl (C=O) groups excluding carboxylic acids is 1. The Bertz CT molecular complexity index is 1300. The average molecular weight is 408 g/mol. The van der Waals surface area contributed by atoms with Crippen LogP contribution in [0.3, 0.4) is 0 Å². The molecule has 5 rings (SSSR count). The molecule has 0 saturated carbocycles. The molecule has 3 aromatic heterocycles. The summed E-state index contributed by atoms with van der Waals surface area (Å²) in [5.41, 5.74) is 1.95. The number of aromatic amines is 2.